The Labute approximate surface area is 113 Å². The molecule has 0 saturated carbocycles. The maximum Gasteiger partial charge on any atom is 0.316 e. The largest absolute Gasteiger partial charge is 0.459 e. The summed E-state index contributed by atoms with van der Waals surface area (Å²) >= 11 is 4.55. The van der Waals surface area contributed by atoms with Crippen molar-refractivity contribution in [2.45, 2.75) is 31.4 Å². The Hall–Kier alpha value is -0.750. The van der Waals surface area contributed by atoms with Crippen molar-refractivity contribution >= 4 is 39.3 Å². The number of esters is 1. The maximum absolute atomic E-state index is 11.5. The summed E-state index contributed by atoms with van der Waals surface area (Å²) in [6, 6.07) is 1.75. The molecule has 4 nitrogen and oxygen atoms in total. The zero-order chi connectivity index (χ0) is 13.1. The number of rotatable bonds is 3. The monoisotopic (exact) mass is 318 g/mol. The third-order valence-electron chi connectivity index (χ3n) is 1.59. The second-order valence-corrected chi connectivity index (χ2v) is 6.30. The van der Waals surface area contributed by atoms with E-state index in [1.165, 1.54) is 11.8 Å². The number of halogens is 1. The van der Waals surface area contributed by atoms with Crippen molar-refractivity contribution in [3.63, 3.8) is 0 Å². The minimum absolute atomic E-state index is 0.204. The highest BCUT2D eigenvalue weighted by molar-refractivity contribution is 9.10. The smallest absolute Gasteiger partial charge is 0.316 e. The molecule has 1 heterocycles. The zero-order valence-electron chi connectivity index (χ0n) is 9.99. The van der Waals surface area contributed by atoms with Gasteiger partial charge in [0.05, 0.1) is 11.4 Å². The van der Waals surface area contributed by atoms with E-state index >= 15 is 0 Å². The number of aromatic nitrogens is 1. The van der Waals surface area contributed by atoms with Gasteiger partial charge in [0.25, 0.3) is 0 Å². The number of ether oxygens (including phenoxy) is 1. The number of pyridine rings is 1. The van der Waals surface area contributed by atoms with E-state index in [0.717, 1.165) is 4.47 Å². The molecule has 0 radical (unpaired) electrons. The third kappa shape index (κ3) is 5.41. The van der Waals surface area contributed by atoms with Crippen LogP contribution in [0.1, 0.15) is 20.8 Å². The lowest BCUT2D eigenvalue weighted by Crippen LogP contribution is -2.24. The number of thioether (sulfide) groups is 1. The van der Waals surface area contributed by atoms with Gasteiger partial charge in [0.2, 0.25) is 0 Å². The van der Waals surface area contributed by atoms with E-state index in [9.17, 15) is 4.79 Å². The summed E-state index contributed by atoms with van der Waals surface area (Å²) in [6.07, 6.45) is 1.65. The number of nitrogens with zero attached hydrogens (tertiary/aromatic N) is 1. The van der Waals surface area contributed by atoms with Crippen LogP contribution in [0.4, 0.5) is 5.69 Å². The average Bonchev–Trinajstić information content (AvgIpc) is 2.13. The molecular weight excluding hydrogens is 304 g/mol. The van der Waals surface area contributed by atoms with Crippen LogP contribution in [0.5, 0.6) is 0 Å². The molecule has 1 aromatic heterocycles. The van der Waals surface area contributed by atoms with Gasteiger partial charge in [-0.15, -0.1) is 0 Å². The number of hydrogen-bond donors (Lipinski definition) is 1. The Kier molecular flexibility index (Phi) is 4.82. The van der Waals surface area contributed by atoms with Crippen molar-refractivity contribution in [2.75, 3.05) is 11.5 Å². The first kappa shape index (κ1) is 14.3. The second kappa shape index (κ2) is 5.73. The standard InChI is InChI=1S/C11H15BrN2O2S/c1-11(2,3)16-9(15)6-17-10-8(13)4-7(12)5-14-10/h4-5H,6,13H2,1-3H3. The van der Waals surface area contributed by atoms with E-state index in [2.05, 4.69) is 20.9 Å². The maximum atomic E-state index is 11.5. The highest BCUT2D eigenvalue weighted by Gasteiger charge is 2.16. The van der Waals surface area contributed by atoms with E-state index in [1.807, 2.05) is 20.8 Å². The molecule has 0 unspecified atom stereocenters. The molecular formula is C11H15BrN2O2S. The first-order valence-electron chi connectivity index (χ1n) is 5.03. The third-order valence-corrected chi connectivity index (χ3v) is 3.02. The summed E-state index contributed by atoms with van der Waals surface area (Å²) in [5, 5.41) is 0.638. The molecule has 17 heavy (non-hydrogen) atoms. The van der Waals surface area contributed by atoms with Gasteiger partial charge in [-0.1, -0.05) is 11.8 Å². The predicted molar refractivity (Wildman–Crippen MR) is 72.9 cm³/mol. The highest BCUT2D eigenvalue weighted by atomic mass is 79.9. The van der Waals surface area contributed by atoms with Gasteiger partial charge in [-0.25, -0.2) is 4.98 Å². The van der Waals surface area contributed by atoms with Crippen molar-refractivity contribution in [2.24, 2.45) is 0 Å². The zero-order valence-corrected chi connectivity index (χ0v) is 12.4. The van der Waals surface area contributed by atoms with Crippen molar-refractivity contribution in [3.05, 3.63) is 16.7 Å². The van der Waals surface area contributed by atoms with Crippen LogP contribution in [0.3, 0.4) is 0 Å². The van der Waals surface area contributed by atoms with Crippen molar-refractivity contribution in [3.8, 4) is 0 Å². The molecule has 0 aromatic carbocycles. The summed E-state index contributed by atoms with van der Waals surface area (Å²) in [5.41, 5.74) is 5.86. The molecule has 6 heteroatoms. The second-order valence-electron chi connectivity index (χ2n) is 4.42. The molecule has 1 rings (SSSR count). The van der Waals surface area contributed by atoms with Gasteiger partial charge in [-0.05, 0) is 42.8 Å². The summed E-state index contributed by atoms with van der Waals surface area (Å²) < 4.78 is 6.00. The molecule has 2 N–H and O–H groups in total. The fourth-order valence-corrected chi connectivity index (χ4v) is 2.08. The Bertz CT molecular complexity index is 418. The average molecular weight is 319 g/mol. The number of hydrogen-bond acceptors (Lipinski definition) is 5. The predicted octanol–water partition coefficient (Wildman–Crippen LogP) is 2.86. The van der Waals surface area contributed by atoms with Crippen molar-refractivity contribution in [1.82, 2.24) is 4.98 Å². The van der Waals surface area contributed by atoms with Crippen LogP contribution in [0.2, 0.25) is 0 Å². The van der Waals surface area contributed by atoms with Gasteiger partial charge in [-0.2, -0.15) is 0 Å². The van der Waals surface area contributed by atoms with Crippen LogP contribution in [-0.4, -0.2) is 22.3 Å². The Balaban J connectivity index is 2.53. The fraction of sp³-hybridized carbons (Fsp3) is 0.455. The van der Waals surface area contributed by atoms with E-state index in [1.54, 1.807) is 12.3 Å². The summed E-state index contributed by atoms with van der Waals surface area (Å²) in [7, 11) is 0. The van der Waals surface area contributed by atoms with E-state index in [4.69, 9.17) is 10.5 Å². The van der Waals surface area contributed by atoms with Crippen LogP contribution in [-0.2, 0) is 9.53 Å². The Morgan fingerprint density at radius 1 is 1.59 bits per heavy atom. The molecule has 94 valence electrons. The van der Waals surface area contributed by atoms with Crippen LogP contribution in [0.25, 0.3) is 0 Å². The molecule has 0 aliphatic carbocycles. The first-order chi connectivity index (χ1) is 7.78. The topological polar surface area (TPSA) is 65.2 Å². The lowest BCUT2D eigenvalue weighted by atomic mass is 10.2. The first-order valence-corrected chi connectivity index (χ1v) is 6.81. The fourth-order valence-electron chi connectivity index (χ4n) is 1.06. The van der Waals surface area contributed by atoms with Gasteiger partial charge in [0.15, 0.2) is 0 Å². The van der Waals surface area contributed by atoms with Gasteiger partial charge < -0.3 is 10.5 Å². The number of nitrogens with two attached hydrogens (primary N) is 1. The minimum Gasteiger partial charge on any atom is -0.459 e. The molecule has 0 amide bonds. The van der Waals surface area contributed by atoms with E-state index in [-0.39, 0.29) is 11.7 Å². The summed E-state index contributed by atoms with van der Waals surface area (Å²) in [4.78, 5) is 15.6. The molecule has 0 bridgehead atoms. The molecule has 0 aliphatic heterocycles. The lowest BCUT2D eigenvalue weighted by Gasteiger charge is -2.19. The molecule has 0 fully saturated rings. The van der Waals surface area contributed by atoms with Crippen LogP contribution >= 0.6 is 27.7 Å². The van der Waals surface area contributed by atoms with Crippen LogP contribution < -0.4 is 5.73 Å². The van der Waals surface area contributed by atoms with Crippen LogP contribution in [0, 0.1) is 0 Å². The quantitative estimate of drug-likeness (QED) is 0.685. The molecule has 0 atom stereocenters. The van der Waals surface area contributed by atoms with Crippen LogP contribution in [0.15, 0.2) is 21.8 Å². The number of nitrogen functional groups attached to an aromatic ring is 1. The van der Waals surface area contributed by atoms with Crippen molar-refractivity contribution < 1.29 is 9.53 Å². The van der Waals surface area contributed by atoms with Gasteiger partial charge in [-0.3, -0.25) is 4.79 Å². The van der Waals surface area contributed by atoms with Gasteiger partial charge >= 0.3 is 5.97 Å². The molecule has 1 aromatic rings. The molecule has 0 saturated heterocycles. The summed E-state index contributed by atoms with van der Waals surface area (Å²) in [6.45, 7) is 5.51. The van der Waals surface area contributed by atoms with Gasteiger partial charge in [0, 0.05) is 10.7 Å². The SMILES string of the molecule is CC(C)(C)OC(=O)CSc1ncc(Br)cc1N. The number of carbonyl (C=O) groups is 1. The molecule has 0 spiro atoms. The molecule has 0 aliphatic rings. The van der Waals surface area contributed by atoms with Gasteiger partial charge in [0.1, 0.15) is 10.6 Å². The van der Waals surface area contributed by atoms with E-state index in [0.29, 0.717) is 10.7 Å². The normalized spacial score (nSPS) is 11.3. The lowest BCUT2D eigenvalue weighted by molar-refractivity contribution is -0.151. The minimum atomic E-state index is -0.462. The van der Waals surface area contributed by atoms with Crippen molar-refractivity contribution in [1.29, 1.82) is 0 Å². The highest BCUT2D eigenvalue weighted by Crippen LogP contribution is 2.25. The summed E-state index contributed by atoms with van der Waals surface area (Å²) in [5.74, 6) is -0.0672. The van der Waals surface area contributed by atoms with E-state index < -0.39 is 5.60 Å². The Morgan fingerprint density at radius 3 is 2.76 bits per heavy atom. The number of anilines is 1. The Morgan fingerprint density at radius 2 is 2.24 bits per heavy atom. The number of carbonyl (C=O) groups excluding carboxylic acids is 1.